The van der Waals surface area contributed by atoms with Gasteiger partial charge in [0.25, 0.3) is 0 Å². The second-order valence-corrected chi connectivity index (χ2v) is 8.79. The Bertz CT molecular complexity index is 1660. The van der Waals surface area contributed by atoms with Crippen LogP contribution in [0.15, 0.2) is 110 Å². The molecule has 0 aliphatic carbocycles. The van der Waals surface area contributed by atoms with Crippen molar-refractivity contribution in [2.24, 2.45) is 7.05 Å². The number of ether oxygens (including phenoxy) is 1. The third-order valence-corrected chi connectivity index (χ3v) is 6.26. The highest BCUT2D eigenvalue weighted by molar-refractivity contribution is 6.05. The van der Waals surface area contributed by atoms with Crippen LogP contribution in [0, 0.1) is 5.82 Å². The maximum atomic E-state index is 13.8. The Morgan fingerprint density at radius 3 is 2.16 bits per heavy atom. The van der Waals surface area contributed by atoms with Crippen LogP contribution in [-0.2, 0) is 13.7 Å². The van der Waals surface area contributed by atoms with Crippen LogP contribution in [0.5, 0.6) is 5.75 Å². The molecule has 0 unspecified atom stereocenters. The molecule has 0 fully saturated rings. The molecule has 3 heterocycles. The number of aromatic nitrogens is 4. The molecule has 0 atom stereocenters. The Balaban J connectivity index is 1.52. The second-order valence-electron chi connectivity index (χ2n) is 8.79. The van der Waals surface area contributed by atoms with Gasteiger partial charge in [-0.3, -0.25) is 9.67 Å². The molecule has 0 saturated heterocycles. The van der Waals surface area contributed by atoms with Crippen molar-refractivity contribution in [2.45, 2.75) is 6.61 Å². The van der Waals surface area contributed by atoms with E-state index in [9.17, 15) is 4.39 Å². The summed E-state index contributed by atoms with van der Waals surface area (Å²) in [5, 5.41) is 5.54. The van der Waals surface area contributed by atoms with Gasteiger partial charge in [0.1, 0.15) is 18.2 Å². The summed E-state index contributed by atoms with van der Waals surface area (Å²) in [7, 11) is 1.88. The molecule has 180 valence electrons. The van der Waals surface area contributed by atoms with Crippen LogP contribution in [0.4, 0.5) is 4.39 Å². The van der Waals surface area contributed by atoms with Crippen LogP contribution in [0.2, 0.25) is 0 Å². The van der Waals surface area contributed by atoms with Gasteiger partial charge in [-0.25, -0.2) is 9.37 Å². The van der Waals surface area contributed by atoms with Gasteiger partial charge in [0.2, 0.25) is 0 Å². The Hall–Kier alpha value is -4.84. The quantitative estimate of drug-likeness (QED) is 0.252. The fraction of sp³-hybridized carbons (Fsp3) is 0.0645. The maximum Gasteiger partial charge on any atom is 0.182 e. The van der Waals surface area contributed by atoms with Crippen molar-refractivity contribution >= 4 is 11.0 Å². The summed E-state index contributed by atoms with van der Waals surface area (Å²) in [6.07, 6.45) is 5.51. The molecular weight excluding hydrogens is 463 g/mol. The summed E-state index contributed by atoms with van der Waals surface area (Å²) >= 11 is 0. The molecule has 0 N–H and O–H groups in total. The van der Waals surface area contributed by atoms with E-state index in [2.05, 4.69) is 22.2 Å². The van der Waals surface area contributed by atoms with E-state index in [0.29, 0.717) is 12.3 Å². The first-order valence-electron chi connectivity index (χ1n) is 12.0. The number of nitrogens with zero attached hydrogens (tertiary/aromatic N) is 4. The number of hydrogen-bond acceptors (Lipinski definition) is 4. The molecule has 0 aliphatic rings. The molecule has 3 aromatic carbocycles. The predicted molar refractivity (Wildman–Crippen MR) is 143 cm³/mol. The standard InChI is InChI=1S/C31H23FN4O/c1-36-19-27-28(22-9-13-26(14-10-22)37-20-21-5-3-2-4-6-21)29(23-15-17-33-18-16-23)30(34-31(27)35-36)24-7-11-25(32)12-8-24/h2-19H,20H2,1H3. The van der Waals surface area contributed by atoms with Crippen LogP contribution >= 0.6 is 0 Å². The van der Waals surface area contributed by atoms with Gasteiger partial charge >= 0.3 is 0 Å². The van der Waals surface area contributed by atoms with Gasteiger partial charge < -0.3 is 4.74 Å². The van der Waals surface area contributed by atoms with Gasteiger partial charge in [-0.1, -0.05) is 42.5 Å². The smallest absolute Gasteiger partial charge is 0.182 e. The molecule has 6 heteroatoms. The van der Waals surface area contributed by atoms with Gasteiger partial charge in [0, 0.05) is 47.7 Å². The summed E-state index contributed by atoms with van der Waals surface area (Å²) < 4.78 is 21.6. The summed E-state index contributed by atoms with van der Waals surface area (Å²) in [6, 6.07) is 28.5. The average molecular weight is 487 g/mol. The van der Waals surface area contributed by atoms with Crippen molar-refractivity contribution in [3.63, 3.8) is 0 Å². The SMILES string of the molecule is Cn1cc2c(-c3ccc(OCc4ccccc4)cc3)c(-c3ccncc3)c(-c3ccc(F)cc3)nc2n1. The van der Waals surface area contributed by atoms with E-state index in [1.807, 2.05) is 67.8 Å². The Morgan fingerprint density at radius 1 is 0.757 bits per heavy atom. The number of benzene rings is 3. The predicted octanol–water partition coefficient (Wildman–Crippen LogP) is 7.08. The minimum atomic E-state index is -0.292. The Kier molecular flexibility index (Phi) is 5.91. The minimum Gasteiger partial charge on any atom is -0.489 e. The van der Waals surface area contributed by atoms with Crippen molar-refractivity contribution in [3.8, 4) is 39.3 Å². The second kappa shape index (κ2) is 9.66. The van der Waals surface area contributed by atoms with E-state index in [1.165, 1.54) is 12.1 Å². The first-order chi connectivity index (χ1) is 18.2. The molecule has 37 heavy (non-hydrogen) atoms. The molecule has 0 saturated carbocycles. The average Bonchev–Trinajstić information content (AvgIpc) is 3.32. The van der Waals surface area contributed by atoms with Crippen LogP contribution in [0.1, 0.15) is 5.56 Å². The van der Waals surface area contributed by atoms with E-state index in [4.69, 9.17) is 9.72 Å². The number of fused-ring (bicyclic) bond motifs is 1. The number of rotatable bonds is 6. The van der Waals surface area contributed by atoms with Crippen LogP contribution in [-0.4, -0.2) is 19.7 Å². The van der Waals surface area contributed by atoms with Crippen molar-refractivity contribution in [3.05, 3.63) is 121 Å². The van der Waals surface area contributed by atoms with Gasteiger partial charge in [-0.15, -0.1) is 0 Å². The first kappa shape index (κ1) is 22.6. The summed E-state index contributed by atoms with van der Waals surface area (Å²) in [5.41, 5.74) is 7.18. The fourth-order valence-corrected chi connectivity index (χ4v) is 4.53. The summed E-state index contributed by atoms with van der Waals surface area (Å²) in [4.78, 5) is 9.15. The van der Waals surface area contributed by atoms with Crippen molar-refractivity contribution in [1.82, 2.24) is 19.7 Å². The lowest BCUT2D eigenvalue weighted by Crippen LogP contribution is -1.97. The Morgan fingerprint density at radius 2 is 1.43 bits per heavy atom. The lowest BCUT2D eigenvalue weighted by molar-refractivity contribution is 0.306. The minimum absolute atomic E-state index is 0.292. The van der Waals surface area contributed by atoms with Gasteiger partial charge in [-0.05, 0) is 65.2 Å². The van der Waals surface area contributed by atoms with Gasteiger partial charge in [-0.2, -0.15) is 5.10 Å². The van der Waals surface area contributed by atoms with E-state index in [1.54, 1.807) is 29.2 Å². The van der Waals surface area contributed by atoms with Crippen molar-refractivity contribution in [2.75, 3.05) is 0 Å². The number of pyridine rings is 2. The van der Waals surface area contributed by atoms with Crippen LogP contribution in [0.25, 0.3) is 44.5 Å². The molecule has 6 rings (SSSR count). The highest BCUT2D eigenvalue weighted by atomic mass is 19.1. The van der Waals surface area contributed by atoms with Gasteiger partial charge in [0.05, 0.1) is 5.69 Å². The third-order valence-electron chi connectivity index (χ3n) is 6.26. The van der Waals surface area contributed by atoms with Crippen molar-refractivity contribution < 1.29 is 9.13 Å². The maximum absolute atomic E-state index is 13.8. The number of hydrogen-bond donors (Lipinski definition) is 0. The van der Waals surface area contributed by atoms with E-state index in [-0.39, 0.29) is 5.82 Å². The molecule has 0 amide bonds. The Labute approximate surface area is 213 Å². The third kappa shape index (κ3) is 4.57. The van der Waals surface area contributed by atoms with Crippen LogP contribution < -0.4 is 4.74 Å². The summed E-state index contributed by atoms with van der Waals surface area (Å²) in [5.74, 6) is 0.493. The molecule has 0 bridgehead atoms. The monoisotopic (exact) mass is 486 g/mol. The topological polar surface area (TPSA) is 52.8 Å². The van der Waals surface area contributed by atoms with E-state index in [0.717, 1.165) is 50.2 Å². The molecular formula is C31H23FN4O. The zero-order valence-electron chi connectivity index (χ0n) is 20.2. The highest BCUT2D eigenvalue weighted by Crippen LogP contribution is 2.43. The van der Waals surface area contributed by atoms with Crippen molar-refractivity contribution in [1.29, 1.82) is 0 Å². The molecule has 6 aromatic rings. The summed E-state index contributed by atoms with van der Waals surface area (Å²) in [6.45, 7) is 0.499. The number of aryl methyl sites for hydroxylation is 1. The molecule has 3 aromatic heterocycles. The van der Waals surface area contributed by atoms with E-state index < -0.39 is 0 Å². The fourth-order valence-electron chi connectivity index (χ4n) is 4.53. The zero-order valence-corrected chi connectivity index (χ0v) is 20.2. The normalized spacial score (nSPS) is 11.1. The lowest BCUT2D eigenvalue weighted by atomic mass is 9.89. The zero-order chi connectivity index (χ0) is 25.2. The highest BCUT2D eigenvalue weighted by Gasteiger charge is 2.21. The molecule has 5 nitrogen and oxygen atoms in total. The molecule has 0 radical (unpaired) electrons. The largest absolute Gasteiger partial charge is 0.489 e. The molecule has 0 aliphatic heterocycles. The molecule has 0 spiro atoms. The lowest BCUT2D eigenvalue weighted by Gasteiger charge is -2.17. The van der Waals surface area contributed by atoms with E-state index >= 15 is 0 Å². The first-order valence-corrected chi connectivity index (χ1v) is 12.0. The van der Waals surface area contributed by atoms with Gasteiger partial charge in [0.15, 0.2) is 5.65 Å². The number of halogens is 1. The van der Waals surface area contributed by atoms with Crippen LogP contribution in [0.3, 0.4) is 0 Å².